The number of nitrogens with zero attached hydrogens (tertiary/aromatic N) is 1. The smallest absolute Gasteiger partial charge is 0.185 e. The van der Waals surface area contributed by atoms with Crippen LogP contribution in [0.2, 0.25) is 15.1 Å². The number of phenols is 1. The van der Waals surface area contributed by atoms with Gasteiger partial charge in [0.2, 0.25) is 0 Å². The van der Waals surface area contributed by atoms with Gasteiger partial charge >= 0.3 is 0 Å². The first-order chi connectivity index (χ1) is 9.08. The largest absolute Gasteiger partial charge is 0.505 e. The predicted octanol–water partition coefficient (Wildman–Crippen LogP) is 4.18. The molecule has 100 valence electrons. The molecule has 3 rings (SSSR count). The van der Waals surface area contributed by atoms with E-state index in [4.69, 9.17) is 39.5 Å². The van der Waals surface area contributed by atoms with Gasteiger partial charge in [0, 0.05) is 23.6 Å². The van der Waals surface area contributed by atoms with Crippen LogP contribution in [0.3, 0.4) is 0 Å². The van der Waals surface area contributed by atoms with Crippen molar-refractivity contribution in [1.82, 2.24) is 4.98 Å². The number of nitrogens with one attached hydrogen (secondary N) is 1. The Morgan fingerprint density at radius 2 is 2.11 bits per heavy atom. The number of phenolic OH excluding ortho intramolecular Hbond substituents is 1. The molecule has 8 heteroatoms. The van der Waals surface area contributed by atoms with Gasteiger partial charge in [-0.15, -0.1) is 11.3 Å². The fraction of sp³-hybridized carbons (Fsp3) is 0.182. The fourth-order valence-corrected chi connectivity index (χ4v) is 3.17. The standard InChI is InChI=1S/C11H7Cl3N2O2S/c12-6-4-3-5(16-11-15-1-2-19-11)18-10(4)8(14)7(13)9(6)17/h1-2,5,17H,3H2,(H,15,16). The molecular formula is C11H7Cl3N2O2S. The summed E-state index contributed by atoms with van der Waals surface area (Å²) >= 11 is 19.4. The third kappa shape index (κ3) is 2.21. The van der Waals surface area contributed by atoms with Crippen LogP contribution in [0, 0.1) is 0 Å². The summed E-state index contributed by atoms with van der Waals surface area (Å²) in [7, 11) is 0. The molecule has 1 aliphatic rings. The predicted molar refractivity (Wildman–Crippen MR) is 77.0 cm³/mol. The Morgan fingerprint density at radius 1 is 1.32 bits per heavy atom. The molecule has 1 aromatic heterocycles. The second kappa shape index (κ2) is 4.90. The Balaban J connectivity index is 1.92. The van der Waals surface area contributed by atoms with Crippen LogP contribution < -0.4 is 10.1 Å². The number of halogens is 3. The maximum Gasteiger partial charge on any atom is 0.185 e. The Labute approximate surface area is 127 Å². The normalized spacial score (nSPS) is 17.1. The molecule has 2 N–H and O–H groups in total. The molecule has 1 atom stereocenters. The molecular weight excluding hydrogens is 331 g/mol. The number of hydrogen-bond donors (Lipinski definition) is 2. The summed E-state index contributed by atoms with van der Waals surface area (Å²) in [5, 5.41) is 15.8. The Kier molecular flexibility index (Phi) is 3.39. The highest BCUT2D eigenvalue weighted by atomic mass is 35.5. The van der Waals surface area contributed by atoms with Crippen molar-refractivity contribution in [2.24, 2.45) is 0 Å². The van der Waals surface area contributed by atoms with Gasteiger partial charge in [-0.1, -0.05) is 34.8 Å². The van der Waals surface area contributed by atoms with Crippen LogP contribution in [-0.4, -0.2) is 16.3 Å². The van der Waals surface area contributed by atoms with E-state index >= 15 is 0 Å². The summed E-state index contributed by atoms with van der Waals surface area (Å²) in [4.78, 5) is 4.11. The van der Waals surface area contributed by atoms with Crippen LogP contribution >= 0.6 is 46.1 Å². The number of rotatable bonds is 2. The topological polar surface area (TPSA) is 54.4 Å². The molecule has 1 unspecified atom stereocenters. The van der Waals surface area contributed by atoms with E-state index in [0.29, 0.717) is 17.7 Å². The highest BCUT2D eigenvalue weighted by Gasteiger charge is 2.31. The number of fused-ring (bicyclic) bond motifs is 1. The Hall–Kier alpha value is -0.880. The van der Waals surface area contributed by atoms with Gasteiger partial charge in [0.15, 0.2) is 17.1 Å². The van der Waals surface area contributed by atoms with Crippen molar-refractivity contribution in [3.63, 3.8) is 0 Å². The van der Waals surface area contributed by atoms with E-state index in [0.717, 1.165) is 5.13 Å². The van der Waals surface area contributed by atoms with Gasteiger partial charge in [-0.05, 0) is 0 Å². The van der Waals surface area contributed by atoms with Crippen LogP contribution in [0.25, 0.3) is 0 Å². The maximum atomic E-state index is 9.76. The molecule has 19 heavy (non-hydrogen) atoms. The summed E-state index contributed by atoms with van der Waals surface area (Å²) in [5.74, 6) is 0.189. The van der Waals surface area contributed by atoms with Crippen LogP contribution in [0.15, 0.2) is 11.6 Å². The minimum atomic E-state index is -0.339. The average molecular weight is 338 g/mol. The lowest BCUT2D eigenvalue weighted by molar-refractivity contribution is 0.263. The lowest BCUT2D eigenvalue weighted by Gasteiger charge is -2.12. The van der Waals surface area contributed by atoms with E-state index < -0.39 is 0 Å². The zero-order valence-electron chi connectivity index (χ0n) is 9.28. The molecule has 0 saturated carbocycles. The van der Waals surface area contributed by atoms with Crippen molar-refractivity contribution >= 4 is 51.3 Å². The van der Waals surface area contributed by atoms with Gasteiger partial charge in [-0.25, -0.2) is 4.98 Å². The highest BCUT2D eigenvalue weighted by Crippen LogP contribution is 2.50. The van der Waals surface area contributed by atoms with Crippen molar-refractivity contribution in [1.29, 1.82) is 0 Å². The average Bonchev–Trinajstić information content (AvgIpc) is 3.04. The fourth-order valence-electron chi connectivity index (χ4n) is 1.86. The van der Waals surface area contributed by atoms with Crippen molar-refractivity contribution < 1.29 is 9.84 Å². The first kappa shape index (κ1) is 13.1. The minimum Gasteiger partial charge on any atom is -0.505 e. The first-order valence-corrected chi connectivity index (χ1v) is 7.30. The SMILES string of the molecule is Oc1c(Cl)c(Cl)c2c(c1Cl)CC(Nc1nccs1)O2. The quantitative estimate of drug-likeness (QED) is 0.807. The van der Waals surface area contributed by atoms with Gasteiger partial charge in [-0.3, -0.25) is 0 Å². The van der Waals surface area contributed by atoms with E-state index in [1.165, 1.54) is 11.3 Å². The summed E-state index contributed by atoms with van der Waals surface area (Å²) in [6.45, 7) is 0. The number of aromatic nitrogens is 1. The Bertz CT molecular complexity index is 597. The van der Waals surface area contributed by atoms with Crippen LogP contribution in [-0.2, 0) is 6.42 Å². The zero-order valence-corrected chi connectivity index (χ0v) is 12.4. The minimum absolute atomic E-state index is 0.000292. The van der Waals surface area contributed by atoms with Gasteiger partial charge in [0.05, 0.1) is 5.02 Å². The summed E-state index contributed by atoms with van der Waals surface area (Å²) in [6.07, 6.45) is 1.82. The summed E-state index contributed by atoms with van der Waals surface area (Å²) in [5.41, 5.74) is 0.641. The summed E-state index contributed by atoms with van der Waals surface area (Å²) in [6, 6.07) is 0. The molecule has 0 aliphatic carbocycles. The van der Waals surface area contributed by atoms with Crippen LogP contribution in [0.5, 0.6) is 11.5 Å². The third-order valence-corrected chi connectivity index (χ3v) is 4.65. The van der Waals surface area contributed by atoms with E-state index in [2.05, 4.69) is 10.3 Å². The molecule has 0 amide bonds. The summed E-state index contributed by atoms with van der Waals surface area (Å²) < 4.78 is 5.67. The highest BCUT2D eigenvalue weighted by molar-refractivity contribution is 7.13. The van der Waals surface area contributed by atoms with Gasteiger partial charge in [0.25, 0.3) is 0 Å². The van der Waals surface area contributed by atoms with Gasteiger partial charge in [-0.2, -0.15) is 0 Å². The van der Waals surface area contributed by atoms with E-state index in [1.807, 2.05) is 5.38 Å². The van der Waals surface area contributed by atoms with E-state index in [-0.39, 0.29) is 27.0 Å². The van der Waals surface area contributed by atoms with E-state index in [1.54, 1.807) is 6.20 Å². The molecule has 0 fully saturated rings. The molecule has 1 aromatic carbocycles. The number of anilines is 1. The lowest BCUT2D eigenvalue weighted by atomic mass is 10.1. The van der Waals surface area contributed by atoms with Crippen molar-refractivity contribution in [2.75, 3.05) is 5.32 Å². The van der Waals surface area contributed by atoms with Crippen LogP contribution in [0.4, 0.5) is 5.13 Å². The number of aromatic hydroxyl groups is 1. The third-order valence-electron chi connectivity index (χ3n) is 2.71. The van der Waals surface area contributed by atoms with Gasteiger partial charge in [0.1, 0.15) is 15.8 Å². The first-order valence-electron chi connectivity index (χ1n) is 5.29. The second-order valence-electron chi connectivity index (χ2n) is 3.89. The molecule has 2 aromatic rings. The van der Waals surface area contributed by atoms with Gasteiger partial charge < -0.3 is 15.2 Å². The molecule has 4 nitrogen and oxygen atoms in total. The number of ether oxygens (including phenoxy) is 1. The molecule has 2 heterocycles. The van der Waals surface area contributed by atoms with Crippen molar-refractivity contribution in [2.45, 2.75) is 12.6 Å². The molecule has 0 spiro atoms. The molecule has 1 aliphatic heterocycles. The molecule has 0 radical (unpaired) electrons. The molecule has 0 bridgehead atoms. The van der Waals surface area contributed by atoms with Crippen molar-refractivity contribution in [3.05, 3.63) is 32.2 Å². The number of thiazole rings is 1. The Morgan fingerprint density at radius 3 is 2.79 bits per heavy atom. The lowest BCUT2D eigenvalue weighted by Crippen LogP contribution is -2.23. The second-order valence-corrected chi connectivity index (χ2v) is 5.92. The monoisotopic (exact) mass is 336 g/mol. The molecule has 0 saturated heterocycles. The van der Waals surface area contributed by atoms with Crippen LogP contribution in [0.1, 0.15) is 5.56 Å². The number of benzene rings is 1. The van der Waals surface area contributed by atoms with E-state index in [9.17, 15) is 5.11 Å². The maximum absolute atomic E-state index is 9.76. The van der Waals surface area contributed by atoms with Crippen molar-refractivity contribution in [3.8, 4) is 11.5 Å². The number of hydrogen-bond acceptors (Lipinski definition) is 5. The zero-order chi connectivity index (χ0) is 13.6.